The summed E-state index contributed by atoms with van der Waals surface area (Å²) in [6.45, 7) is 2.39. The van der Waals surface area contributed by atoms with Crippen molar-refractivity contribution in [1.82, 2.24) is 0 Å². The predicted molar refractivity (Wildman–Crippen MR) is 170 cm³/mol. The lowest BCUT2D eigenvalue weighted by atomic mass is 9.73. The fourth-order valence-electron chi connectivity index (χ4n) is 7.32. The maximum absolute atomic E-state index is 6.51. The Morgan fingerprint density at radius 3 is 1.98 bits per heavy atom. The smallest absolute Gasteiger partial charge is 0.135 e. The first-order valence-electron chi connectivity index (χ1n) is 14.3. The molecule has 0 N–H and O–H groups in total. The summed E-state index contributed by atoms with van der Waals surface area (Å²) in [4.78, 5) is 0. The summed E-state index contributed by atoms with van der Waals surface area (Å²) >= 11 is 0. The van der Waals surface area contributed by atoms with Crippen LogP contribution >= 0.6 is 0 Å². The van der Waals surface area contributed by atoms with Crippen molar-refractivity contribution in [1.29, 1.82) is 0 Å². The van der Waals surface area contributed by atoms with Gasteiger partial charge in [-0.05, 0) is 97.9 Å². The third kappa shape index (κ3) is 3.06. The lowest BCUT2D eigenvalue weighted by Gasteiger charge is -2.29. The van der Waals surface area contributed by atoms with Crippen molar-refractivity contribution >= 4 is 21.5 Å². The first-order valence-corrected chi connectivity index (χ1v) is 14.3. The molecule has 7 aromatic carbocycles. The normalized spacial score (nSPS) is 16.2. The topological polar surface area (TPSA) is 9.23 Å². The molecule has 1 unspecified atom stereocenters. The molecule has 0 aromatic heterocycles. The van der Waals surface area contributed by atoms with Gasteiger partial charge in [0.15, 0.2) is 0 Å². The lowest BCUT2D eigenvalue weighted by molar-refractivity contribution is 0.487. The second-order valence-corrected chi connectivity index (χ2v) is 11.4. The van der Waals surface area contributed by atoms with E-state index in [1.165, 1.54) is 71.6 Å². The zero-order valence-electron chi connectivity index (χ0n) is 22.7. The molecule has 1 heteroatoms. The number of fused-ring (bicyclic) bond motifs is 6. The van der Waals surface area contributed by atoms with Crippen LogP contribution in [0.5, 0.6) is 11.5 Å². The van der Waals surface area contributed by atoms with Crippen molar-refractivity contribution in [3.63, 3.8) is 0 Å². The second kappa shape index (κ2) is 8.19. The van der Waals surface area contributed by atoms with E-state index in [1.807, 2.05) is 0 Å². The Morgan fingerprint density at radius 2 is 1.12 bits per heavy atom. The van der Waals surface area contributed by atoms with Gasteiger partial charge in [-0.25, -0.2) is 0 Å². The Morgan fingerprint density at radius 1 is 0.463 bits per heavy atom. The summed E-state index contributed by atoms with van der Waals surface area (Å²) in [7, 11) is 0. The Bertz CT molecular complexity index is 2180. The van der Waals surface area contributed by atoms with Gasteiger partial charge in [-0.15, -0.1) is 0 Å². The van der Waals surface area contributed by atoms with E-state index in [1.54, 1.807) is 0 Å². The van der Waals surface area contributed by atoms with Crippen LogP contribution in [-0.4, -0.2) is 0 Å². The van der Waals surface area contributed by atoms with Crippen molar-refractivity contribution in [2.75, 3.05) is 0 Å². The quantitative estimate of drug-likeness (QED) is 0.219. The minimum Gasteiger partial charge on any atom is -0.456 e. The van der Waals surface area contributed by atoms with Crippen LogP contribution in [0.1, 0.15) is 23.6 Å². The number of benzene rings is 7. The van der Waals surface area contributed by atoms with E-state index in [9.17, 15) is 0 Å². The maximum Gasteiger partial charge on any atom is 0.135 e. The second-order valence-electron chi connectivity index (χ2n) is 11.4. The maximum atomic E-state index is 6.51. The van der Waals surface area contributed by atoms with Gasteiger partial charge in [-0.1, -0.05) is 109 Å². The molecule has 1 aliphatic heterocycles. The number of hydrogen-bond donors (Lipinski definition) is 0. The van der Waals surface area contributed by atoms with Gasteiger partial charge in [-0.3, -0.25) is 0 Å². The standard InChI is InChI=1S/C40H26O/c1-40(29-14-3-2-4-15-29)34-24-28(20-21-31(34)33-22-26-10-5-6-11-27(26)23-35(33)40)30-16-9-19-37-39(30)32-17-7-12-25-13-8-18-36(41-37)38(25)32/h2-24H,1H3. The number of ether oxygens (including phenoxy) is 1. The average molecular weight is 523 g/mol. The molecule has 0 saturated heterocycles. The third-order valence-electron chi connectivity index (χ3n) is 9.32. The molecule has 1 atom stereocenters. The molecule has 2 aliphatic rings. The summed E-state index contributed by atoms with van der Waals surface area (Å²) in [6, 6.07) is 50.9. The SMILES string of the molecule is CC1(c2ccccc2)c2cc(-c3cccc4c3-c3cccc5cccc(c35)O4)ccc2-c2cc3ccccc3cc21. The van der Waals surface area contributed by atoms with E-state index in [4.69, 9.17) is 4.74 Å². The highest BCUT2D eigenvalue weighted by Gasteiger charge is 2.41. The van der Waals surface area contributed by atoms with Crippen LogP contribution in [0.15, 0.2) is 140 Å². The fourth-order valence-corrected chi connectivity index (χ4v) is 7.32. The largest absolute Gasteiger partial charge is 0.456 e. The number of hydrogen-bond acceptors (Lipinski definition) is 1. The van der Waals surface area contributed by atoms with Crippen molar-refractivity contribution in [2.24, 2.45) is 0 Å². The average Bonchev–Trinajstić information content (AvgIpc) is 3.28. The minimum absolute atomic E-state index is 0.274. The molecule has 41 heavy (non-hydrogen) atoms. The molecular weight excluding hydrogens is 496 g/mol. The van der Waals surface area contributed by atoms with Gasteiger partial charge in [0.05, 0.1) is 0 Å². The molecule has 192 valence electrons. The molecule has 1 nitrogen and oxygen atoms in total. The molecule has 1 heterocycles. The van der Waals surface area contributed by atoms with E-state index in [0.29, 0.717) is 0 Å². The van der Waals surface area contributed by atoms with Crippen LogP contribution in [0.25, 0.3) is 54.9 Å². The molecule has 0 spiro atoms. The Labute approximate surface area is 239 Å². The van der Waals surface area contributed by atoms with Crippen LogP contribution in [0, 0.1) is 0 Å². The summed E-state index contributed by atoms with van der Waals surface area (Å²) in [5.41, 5.74) is 11.2. The van der Waals surface area contributed by atoms with E-state index >= 15 is 0 Å². The summed E-state index contributed by atoms with van der Waals surface area (Å²) in [5, 5.41) is 4.94. The zero-order chi connectivity index (χ0) is 27.1. The van der Waals surface area contributed by atoms with Gasteiger partial charge in [0.2, 0.25) is 0 Å². The highest BCUT2D eigenvalue weighted by atomic mass is 16.5. The molecule has 0 saturated carbocycles. The lowest BCUT2D eigenvalue weighted by Crippen LogP contribution is -2.22. The highest BCUT2D eigenvalue weighted by Crippen LogP contribution is 2.55. The van der Waals surface area contributed by atoms with E-state index in [2.05, 4.69) is 146 Å². The molecule has 0 amide bonds. The van der Waals surface area contributed by atoms with Crippen molar-refractivity contribution in [3.05, 3.63) is 156 Å². The van der Waals surface area contributed by atoms with Gasteiger partial charge >= 0.3 is 0 Å². The van der Waals surface area contributed by atoms with Crippen LogP contribution in [0.4, 0.5) is 0 Å². The van der Waals surface area contributed by atoms with Crippen molar-refractivity contribution in [2.45, 2.75) is 12.3 Å². The van der Waals surface area contributed by atoms with E-state index in [0.717, 1.165) is 11.5 Å². The Kier molecular flexibility index (Phi) is 4.52. The van der Waals surface area contributed by atoms with E-state index in [-0.39, 0.29) is 5.41 Å². The first kappa shape index (κ1) is 22.7. The van der Waals surface area contributed by atoms with Crippen LogP contribution in [0.3, 0.4) is 0 Å². The van der Waals surface area contributed by atoms with Gasteiger partial charge in [-0.2, -0.15) is 0 Å². The number of rotatable bonds is 2. The molecular formula is C40H26O. The van der Waals surface area contributed by atoms with Crippen molar-refractivity contribution < 1.29 is 4.74 Å². The fraction of sp³-hybridized carbons (Fsp3) is 0.0500. The molecule has 0 fully saturated rings. The molecule has 7 aromatic rings. The predicted octanol–water partition coefficient (Wildman–Crippen LogP) is 10.8. The van der Waals surface area contributed by atoms with Gasteiger partial charge in [0.1, 0.15) is 11.5 Å². The molecule has 1 aliphatic carbocycles. The molecule has 0 bridgehead atoms. The van der Waals surface area contributed by atoms with Gasteiger partial charge in [0.25, 0.3) is 0 Å². The summed E-state index contributed by atoms with van der Waals surface area (Å²) < 4.78 is 6.51. The van der Waals surface area contributed by atoms with Crippen LogP contribution < -0.4 is 4.74 Å². The van der Waals surface area contributed by atoms with Crippen molar-refractivity contribution in [3.8, 4) is 44.9 Å². The molecule has 0 radical (unpaired) electrons. The zero-order valence-corrected chi connectivity index (χ0v) is 22.7. The third-order valence-corrected chi connectivity index (χ3v) is 9.32. The van der Waals surface area contributed by atoms with E-state index < -0.39 is 0 Å². The first-order chi connectivity index (χ1) is 20.2. The van der Waals surface area contributed by atoms with Crippen LogP contribution in [0.2, 0.25) is 0 Å². The van der Waals surface area contributed by atoms with Crippen LogP contribution in [-0.2, 0) is 5.41 Å². The summed E-state index contributed by atoms with van der Waals surface area (Å²) in [5.74, 6) is 1.84. The monoisotopic (exact) mass is 522 g/mol. The van der Waals surface area contributed by atoms with Gasteiger partial charge in [0, 0.05) is 16.4 Å². The van der Waals surface area contributed by atoms with Gasteiger partial charge < -0.3 is 4.74 Å². The molecule has 9 rings (SSSR count). The minimum atomic E-state index is -0.274. The Hall–Kier alpha value is -5.14. The Balaban J connectivity index is 1.31. The highest BCUT2D eigenvalue weighted by molar-refractivity contribution is 6.07. The summed E-state index contributed by atoms with van der Waals surface area (Å²) in [6.07, 6.45) is 0.